The maximum atomic E-state index is 5.87. The van der Waals surface area contributed by atoms with Crippen LogP contribution in [0, 0.1) is 0 Å². The van der Waals surface area contributed by atoms with Crippen molar-refractivity contribution in [2.45, 2.75) is 22.3 Å². The lowest BCUT2D eigenvalue weighted by Crippen LogP contribution is -2.06. The lowest BCUT2D eigenvalue weighted by Gasteiger charge is -2.09. The minimum atomic E-state index is 0.00108. The van der Waals surface area contributed by atoms with Crippen molar-refractivity contribution in [1.82, 2.24) is 9.97 Å². The van der Waals surface area contributed by atoms with Crippen molar-refractivity contribution in [1.29, 1.82) is 0 Å². The molecule has 15 heavy (non-hydrogen) atoms. The van der Waals surface area contributed by atoms with Crippen LogP contribution < -0.4 is 5.73 Å². The van der Waals surface area contributed by atoms with Crippen LogP contribution in [0.2, 0.25) is 0 Å². The van der Waals surface area contributed by atoms with E-state index in [0.717, 1.165) is 14.9 Å². The Morgan fingerprint density at radius 2 is 2.27 bits per heavy atom. The van der Waals surface area contributed by atoms with E-state index in [0.29, 0.717) is 0 Å². The first-order valence-corrected chi connectivity index (χ1v) is 6.25. The van der Waals surface area contributed by atoms with Crippen molar-refractivity contribution < 1.29 is 0 Å². The van der Waals surface area contributed by atoms with E-state index in [4.69, 9.17) is 5.73 Å². The van der Waals surface area contributed by atoms with Crippen molar-refractivity contribution in [3.05, 3.63) is 35.5 Å². The summed E-state index contributed by atoms with van der Waals surface area (Å²) in [7, 11) is 0. The maximum Gasteiger partial charge on any atom is 0.156 e. The number of pyridine rings is 1. The Hall–Kier alpha value is -0.910. The van der Waals surface area contributed by atoms with Gasteiger partial charge in [0.15, 0.2) is 4.34 Å². The van der Waals surface area contributed by atoms with E-state index in [2.05, 4.69) is 9.97 Å². The highest BCUT2D eigenvalue weighted by molar-refractivity contribution is 8.01. The molecule has 2 rings (SSSR count). The molecule has 0 fully saturated rings. The average molecular weight is 237 g/mol. The Kier molecular flexibility index (Phi) is 3.35. The summed E-state index contributed by atoms with van der Waals surface area (Å²) < 4.78 is 0.996. The Bertz CT molecular complexity index is 426. The summed E-state index contributed by atoms with van der Waals surface area (Å²) in [5.41, 5.74) is 6.94. The monoisotopic (exact) mass is 237 g/mol. The van der Waals surface area contributed by atoms with Gasteiger partial charge in [-0.15, -0.1) is 11.3 Å². The molecule has 0 saturated heterocycles. The van der Waals surface area contributed by atoms with Gasteiger partial charge in [-0.25, -0.2) is 9.97 Å². The summed E-state index contributed by atoms with van der Waals surface area (Å²) in [6, 6.07) is 3.92. The fourth-order valence-electron chi connectivity index (χ4n) is 1.18. The summed E-state index contributed by atoms with van der Waals surface area (Å²) in [5.74, 6) is 0. The number of hydrogen-bond acceptors (Lipinski definition) is 5. The molecule has 0 aliphatic carbocycles. The zero-order chi connectivity index (χ0) is 10.7. The fraction of sp³-hybridized carbons (Fsp3) is 0.200. The standard InChI is InChI=1S/C10H11N3S2/c1-7(11)8-3-2-4-12-9(8)15-10-13-5-6-14-10/h2-7H,11H2,1H3/t7-/m0/s1. The summed E-state index contributed by atoms with van der Waals surface area (Å²) in [4.78, 5) is 8.54. The molecule has 78 valence electrons. The van der Waals surface area contributed by atoms with Gasteiger partial charge in [0.05, 0.1) is 0 Å². The molecule has 0 saturated carbocycles. The minimum absolute atomic E-state index is 0.00108. The quantitative estimate of drug-likeness (QED) is 0.891. The molecule has 0 aromatic carbocycles. The molecule has 0 amide bonds. The zero-order valence-corrected chi connectivity index (χ0v) is 9.89. The fourth-order valence-corrected chi connectivity index (χ4v) is 2.90. The van der Waals surface area contributed by atoms with Gasteiger partial charge in [-0.2, -0.15) is 0 Å². The maximum absolute atomic E-state index is 5.87. The topological polar surface area (TPSA) is 51.8 Å². The van der Waals surface area contributed by atoms with Crippen LogP contribution in [0.25, 0.3) is 0 Å². The van der Waals surface area contributed by atoms with E-state index in [1.54, 1.807) is 35.5 Å². The molecule has 2 aromatic heterocycles. The summed E-state index contributed by atoms with van der Waals surface area (Å²) in [6.45, 7) is 1.96. The molecule has 0 aliphatic rings. The zero-order valence-electron chi connectivity index (χ0n) is 8.25. The molecular formula is C10H11N3S2. The Labute approximate surface area is 96.8 Å². The van der Waals surface area contributed by atoms with E-state index in [1.807, 2.05) is 24.4 Å². The summed E-state index contributed by atoms with van der Waals surface area (Å²) in [6.07, 6.45) is 3.57. The van der Waals surface area contributed by atoms with Gasteiger partial charge in [0.25, 0.3) is 0 Å². The van der Waals surface area contributed by atoms with E-state index < -0.39 is 0 Å². The van der Waals surface area contributed by atoms with Gasteiger partial charge in [-0.3, -0.25) is 0 Å². The molecule has 2 heterocycles. The second-order valence-electron chi connectivity index (χ2n) is 3.09. The third-order valence-electron chi connectivity index (χ3n) is 1.88. The molecule has 2 N–H and O–H groups in total. The van der Waals surface area contributed by atoms with E-state index >= 15 is 0 Å². The van der Waals surface area contributed by atoms with Gasteiger partial charge in [-0.1, -0.05) is 6.07 Å². The molecule has 0 aliphatic heterocycles. The first-order chi connectivity index (χ1) is 7.27. The first kappa shape index (κ1) is 10.6. The lowest BCUT2D eigenvalue weighted by atomic mass is 10.2. The van der Waals surface area contributed by atoms with Crippen LogP contribution in [0.4, 0.5) is 0 Å². The third-order valence-corrected chi connectivity index (χ3v) is 3.80. The molecule has 0 radical (unpaired) electrons. The highest BCUT2D eigenvalue weighted by Gasteiger charge is 2.09. The van der Waals surface area contributed by atoms with E-state index in [1.165, 1.54) is 0 Å². The predicted octanol–water partition coefficient (Wildman–Crippen LogP) is 2.71. The Morgan fingerprint density at radius 3 is 2.93 bits per heavy atom. The summed E-state index contributed by atoms with van der Waals surface area (Å²) >= 11 is 3.17. The number of hydrogen-bond donors (Lipinski definition) is 1. The molecule has 3 nitrogen and oxygen atoms in total. The highest BCUT2D eigenvalue weighted by atomic mass is 32.2. The van der Waals surface area contributed by atoms with Gasteiger partial charge >= 0.3 is 0 Å². The SMILES string of the molecule is C[C@H](N)c1cccnc1Sc1nccs1. The van der Waals surface area contributed by atoms with Gasteiger partial charge in [0.1, 0.15) is 5.03 Å². The molecule has 0 unspecified atom stereocenters. The number of aromatic nitrogens is 2. The van der Waals surface area contributed by atoms with E-state index in [9.17, 15) is 0 Å². The van der Waals surface area contributed by atoms with Gasteiger partial charge in [-0.05, 0) is 24.8 Å². The smallest absolute Gasteiger partial charge is 0.156 e. The van der Waals surface area contributed by atoms with Crippen LogP contribution >= 0.6 is 23.1 Å². The lowest BCUT2D eigenvalue weighted by molar-refractivity contribution is 0.779. The second kappa shape index (κ2) is 4.74. The number of nitrogens with two attached hydrogens (primary N) is 1. The van der Waals surface area contributed by atoms with Crippen LogP contribution in [-0.2, 0) is 0 Å². The number of thiazole rings is 1. The summed E-state index contributed by atoms with van der Waals surface area (Å²) in [5, 5.41) is 2.90. The van der Waals surface area contributed by atoms with Gasteiger partial charge in [0.2, 0.25) is 0 Å². The Balaban J connectivity index is 2.28. The van der Waals surface area contributed by atoms with Crippen molar-refractivity contribution in [2.24, 2.45) is 5.73 Å². The number of nitrogens with zero attached hydrogens (tertiary/aromatic N) is 2. The number of rotatable bonds is 3. The molecule has 0 spiro atoms. The molecular weight excluding hydrogens is 226 g/mol. The molecule has 2 aromatic rings. The highest BCUT2D eigenvalue weighted by Crippen LogP contribution is 2.31. The van der Waals surface area contributed by atoms with Crippen molar-refractivity contribution in [3.63, 3.8) is 0 Å². The second-order valence-corrected chi connectivity index (χ2v) is 5.22. The van der Waals surface area contributed by atoms with Crippen molar-refractivity contribution >= 4 is 23.1 Å². The largest absolute Gasteiger partial charge is 0.324 e. The van der Waals surface area contributed by atoms with Crippen LogP contribution in [-0.4, -0.2) is 9.97 Å². The van der Waals surface area contributed by atoms with Crippen molar-refractivity contribution in [3.8, 4) is 0 Å². The normalized spacial score (nSPS) is 12.7. The average Bonchev–Trinajstić information content (AvgIpc) is 2.71. The molecule has 1 atom stereocenters. The first-order valence-electron chi connectivity index (χ1n) is 4.55. The van der Waals surface area contributed by atoms with Gasteiger partial charge < -0.3 is 5.73 Å². The minimum Gasteiger partial charge on any atom is -0.324 e. The van der Waals surface area contributed by atoms with Crippen LogP contribution in [0.1, 0.15) is 18.5 Å². The Morgan fingerprint density at radius 1 is 1.40 bits per heavy atom. The van der Waals surface area contributed by atoms with Crippen molar-refractivity contribution in [2.75, 3.05) is 0 Å². The van der Waals surface area contributed by atoms with Crippen LogP contribution in [0.5, 0.6) is 0 Å². The van der Waals surface area contributed by atoms with E-state index in [-0.39, 0.29) is 6.04 Å². The van der Waals surface area contributed by atoms with Crippen LogP contribution in [0.3, 0.4) is 0 Å². The predicted molar refractivity (Wildman–Crippen MR) is 63.1 cm³/mol. The van der Waals surface area contributed by atoms with Gasteiger partial charge in [0, 0.05) is 29.4 Å². The molecule has 5 heteroatoms. The third kappa shape index (κ3) is 2.56. The molecule has 0 bridgehead atoms. The van der Waals surface area contributed by atoms with Crippen LogP contribution in [0.15, 0.2) is 39.3 Å².